The third-order valence-electron chi connectivity index (χ3n) is 1.61. The van der Waals surface area contributed by atoms with E-state index in [1.54, 1.807) is 30.7 Å². The van der Waals surface area contributed by atoms with E-state index >= 15 is 0 Å². The lowest BCUT2D eigenvalue weighted by molar-refractivity contribution is 1.05. The van der Waals surface area contributed by atoms with Crippen LogP contribution >= 0.6 is 23.4 Å². The Labute approximate surface area is 95.9 Å². The molecule has 0 fully saturated rings. The van der Waals surface area contributed by atoms with Crippen molar-refractivity contribution in [2.45, 2.75) is 10.1 Å². The molecule has 2 aromatic rings. The molecule has 0 radical (unpaired) electrons. The van der Waals surface area contributed by atoms with Crippen molar-refractivity contribution in [3.05, 3.63) is 35.7 Å². The Bertz CT molecular complexity index is 434. The molecule has 2 aromatic heterocycles. The van der Waals surface area contributed by atoms with E-state index < -0.39 is 0 Å². The summed E-state index contributed by atoms with van der Waals surface area (Å²) in [7, 11) is 0. The SMILES string of the molecule is Nc1nccnc1Sc1ncccc1Cl. The lowest BCUT2D eigenvalue weighted by Gasteiger charge is -2.02. The van der Waals surface area contributed by atoms with Gasteiger partial charge in [-0.1, -0.05) is 11.6 Å². The molecule has 2 N–H and O–H groups in total. The maximum Gasteiger partial charge on any atom is 0.156 e. The maximum absolute atomic E-state index is 5.95. The fraction of sp³-hybridized carbons (Fsp3) is 0. The van der Waals surface area contributed by atoms with Crippen molar-refractivity contribution < 1.29 is 0 Å². The first-order chi connectivity index (χ1) is 7.27. The van der Waals surface area contributed by atoms with Gasteiger partial charge in [0.2, 0.25) is 0 Å². The zero-order valence-electron chi connectivity index (χ0n) is 7.59. The fourth-order valence-electron chi connectivity index (χ4n) is 0.953. The number of pyridine rings is 1. The summed E-state index contributed by atoms with van der Waals surface area (Å²) in [6, 6.07) is 3.54. The Morgan fingerprint density at radius 3 is 2.53 bits per heavy atom. The van der Waals surface area contributed by atoms with Crippen LogP contribution in [0.15, 0.2) is 40.8 Å². The van der Waals surface area contributed by atoms with E-state index in [1.807, 2.05) is 0 Å². The number of anilines is 1. The van der Waals surface area contributed by atoms with E-state index in [4.69, 9.17) is 17.3 Å². The number of hydrogen-bond acceptors (Lipinski definition) is 5. The lowest BCUT2D eigenvalue weighted by Crippen LogP contribution is -1.94. The number of rotatable bonds is 2. The van der Waals surface area contributed by atoms with Gasteiger partial charge in [-0.05, 0) is 23.9 Å². The quantitative estimate of drug-likeness (QED) is 0.870. The highest BCUT2D eigenvalue weighted by atomic mass is 35.5. The van der Waals surface area contributed by atoms with Crippen LogP contribution in [0.1, 0.15) is 0 Å². The molecule has 0 aliphatic rings. The summed E-state index contributed by atoms with van der Waals surface area (Å²) >= 11 is 7.25. The second-order valence-corrected chi connectivity index (χ2v) is 4.02. The minimum absolute atomic E-state index is 0.379. The molecule has 2 rings (SSSR count). The molecular weight excluding hydrogens is 232 g/mol. The van der Waals surface area contributed by atoms with Crippen LogP contribution in [-0.4, -0.2) is 15.0 Å². The molecule has 0 bridgehead atoms. The summed E-state index contributed by atoms with van der Waals surface area (Å²) in [6.45, 7) is 0. The van der Waals surface area contributed by atoms with E-state index in [9.17, 15) is 0 Å². The summed E-state index contributed by atoms with van der Waals surface area (Å²) in [4.78, 5) is 12.1. The van der Waals surface area contributed by atoms with Gasteiger partial charge in [0.15, 0.2) is 5.82 Å². The Morgan fingerprint density at radius 2 is 1.80 bits per heavy atom. The molecule has 4 nitrogen and oxygen atoms in total. The summed E-state index contributed by atoms with van der Waals surface area (Å²) in [5.41, 5.74) is 5.65. The van der Waals surface area contributed by atoms with E-state index in [2.05, 4.69) is 15.0 Å². The largest absolute Gasteiger partial charge is 0.381 e. The molecule has 15 heavy (non-hydrogen) atoms. The Balaban J connectivity index is 2.30. The summed E-state index contributed by atoms with van der Waals surface area (Å²) in [6.07, 6.45) is 4.79. The normalized spacial score (nSPS) is 10.2. The number of hydrogen-bond donors (Lipinski definition) is 1. The Kier molecular flexibility index (Phi) is 3.03. The van der Waals surface area contributed by atoms with Crippen LogP contribution in [0.25, 0.3) is 0 Å². The van der Waals surface area contributed by atoms with Crippen LogP contribution in [0.2, 0.25) is 5.02 Å². The minimum Gasteiger partial charge on any atom is -0.381 e. The van der Waals surface area contributed by atoms with Gasteiger partial charge in [0, 0.05) is 18.6 Å². The van der Waals surface area contributed by atoms with Gasteiger partial charge in [-0.25, -0.2) is 15.0 Å². The molecule has 0 aromatic carbocycles. The zero-order chi connectivity index (χ0) is 10.7. The third kappa shape index (κ3) is 2.37. The van der Waals surface area contributed by atoms with Crippen LogP contribution in [0, 0.1) is 0 Å². The number of halogens is 1. The van der Waals surface area contributed by atoms with E-state index in [0.29, 0.717) is 20.9 Å². The molecule has 6 heteroatoms. The molecule has 2 heterocycles. The first kappa shape index (κ1) is 10.2. The second kappa shape index (κ2) is 4.46. The minimum atomic E-state index is 0.379. The third-order valence-corrected chi connectivity index (χ3v) is 3.05. The van der Waals surface area contributed by atoms with Crippen molar-refractivity contribution in [3.8, 4) is 0 Å². The van der Waals surface area contributed by atoms with Gasteiger partial charge in [-0.15, -0.1) is 0 Å². The highest BCUT2D eigenvalue weighted by Gasteiger charge is 2.07. The average Bonchev–Trinajstić information content (AvgIpc) is 2.24. The lowest BCUT2D eigenvalue weighted by atomic mass is 10.5. The van der Waals surface area contributed by atoms with Gasteiger partial charge >= 0.3 is 0 Å². The predicted octanol–water partition coefficient (Wildman–Crippen LogP) is 2.26. The molecule has 0 aliphatic carbocycles. The maximum atomic E-state index is 5.95. The predicted molar refractivity (Wildman–Crippen MR) is 59.8 cm³/mol. The monoisotopic (exact) mass is 238 g/mol. The van der Waals surface area contributed by atoms with E-state index in [1.165, 1.54) is 11.8 Å². The van der Waals surface area contributed by atoms with Crippen molar-refractivity contribution in [1.29, 1.82) is 0 Å². The Hall–Kier alpha value is -1.33. The van der Waals surface area contributed by atoms with Gasteiger partial charge in [0.1, 0.15) is 10.1 Å². The highest BCUT2D eigenvalue weighted by molar-refractivity contribution is 7.99. The van der Waals surface area contributed by atoms with Crippen molar-refractivity contribution in [3.63, 3.8) is 0 Å². The summed E-state index contributed by atoms with van der Waals surface area (Å²) in [5.74, 6) is 0.379. The number of nitrogen functional groups attached to an aromatic ring is 1. The van der Waals surface area contributed by atoms with Crippen molar-refractivity contribution in [2.75, 3.05) is 5.73 Å². The summed E-state index contributed by atoms with van der Waals surface area (Å²) in [5, 5.41) is 1.86. The molecule has 0 atom stereocenters. The van der Waals surface area contributed by atoms with Gasteiger partial charge in [0.05, 0.1) is 5.02 Å². The fourth-order valence-corrected chi connectivity index (χ4v) is 1.92. The van der Waals surface area contributed by atoms with Gasteiger partial charge in [-0.3, -0.25) is 0 Å². The number of aromatic nitrogens is 3. The molecule has 0 unspecified atom stereocenters. The Morgan fingerprint density at radius 1 is 1.07 bits per heavy atom. The van der Waals surface area contributed by atoms with E-state index in [0.717, 1.165) is 0 Å². The van der Waals surface area contributed by atoms with Crippen molar-refractivity contribution in [1.82, 2.24) is 15.0 Å². The average molecular weight is 239 g/mol. The van der Waals surface area contributed by atoms with Crippen LogP contribution in [0.4, 0.5) is 5.82 Å². The summed E-state index contributed by atoms with van der Waals surface area (Å²) < 4.78 is 0. The van der Waals surface area contributed by atoms with Crippen LogP contribution in [0.3, 0.4) is 0 Å². The van der Waals surface area contributed by atoms with Crippen molar-refractivity contribution in [2.24, 2.45) is 0 Å². The smallest absolute Gasteiger partial charge is 0.156 e. The van der Waals surface area contributed by atoms with Crippen LogP contribution in [0.5, 0.6) is 0 Å². The molecule has 76 valence electrons. The second-order valence-electron chi connectivity index (χ2n) is 2.64. The standard InChI is InChI=1S/C9H7ClN4S/c10-6-2-1-3-13-8(6)15-9-7(11)12-4-5-14-9/h1-5H,(H2,11,12). The molecule has 0 aliphatic heterocycles. The topological polar surface area (TPSA) is 64.7 Å². The van der Waals surface area contributed by atoms with E-state index in [-0.39, 0.29) is 0 Å². The van der Waals surface area contributed by atoms with Crippen LogP contribution < -0.4 is 5.73 Å². The van der Waals surface area contributed by atoms with Gasteiger partial charge < -0.3 is 5.73 Å². The first-order valence-electron chi connectivity index (χ1n) is 4.12. The molecule has 0 spiro atoms. The first-order valence-corrected chi connectivity index (χ1v) is 5.31. The number of nitrogens with zero attached hydrogens (tertiary/aromatic N) is 3. The zero-order valence-corrected chi connectivity index (χ0v) is 9.16. The molecule has 0 saturated heterocycles. The van der Waals surface area contributed by atoms with Gasteiger partial charge in [0.25, 0.3) is 0 Å². The molecule has 0 saturated carbocycles. The molecular formula is C9H7ClN4S. The van der Waals surface area contributed by atoms with Crippen molar-refractivity contribution >= 4 is 29.2 Å². The van der Waals surface area contributed by atoms with Gasteiger partial charge in [-0.2, -0.15) is 0 Å². The molecule has 0 amide bonds. The highest BCUT2D eigenvalue weighted by Crippen LogP contribution is 2.31. The number of nitrogens with two attached hydrogens (primary N) is 1. The van der Waals surface area contributed by atoms with Crippen LogP contribution in [-0.2, 0) is 0 Å².